The average Bonchev–Trinajstić information content (AvgIpc) is 2.75. The first-order chi connectivity index (χ1) is 10.2. The zero-order valence-electron chi connectivity index (χ0n) is 12.5. The molecule has 2 rings (SSSR count). The van der Waals surface area contributed by atoms with Crippen molar-refractivity contribution in [1.82, 2.24) is 9.13 Å². The van der Waals surface area contributed by atoms with E-state index >= 15 is 0 Å². The summed E-state index contributed by atoms with van der Waals surface area (Å²) in [6, 6.07) is 0. The topological polar surface area (TPSA) is 95.2 Å². The number of hydrogen-bond donors (Lipinski definition) is 0. The summed E-state index contributed by atoms with van der Waals surface area (Å²) >= 11 is 1.04. The molecule has 0 spiro atoms. The van der Waals surface area contributed by atoms with Crippen LogP contribution in [0, 0.1) is 6.92 Å². The molecular formula is C13H16N2O5S2. The highest BCUT2D eigenvalue weighted by Gasteiger charge is 2.19. The van der Waals surface area contributed by atoms with E-state index in [1.54, 1.807) is 13.8 Å². The Morgan fingerprint density at radius 2 is 1.86 bits per heavy atom. The van der Waals surface area contributed by atoms with E-state index in [2.05, 4.69) is 0 Å². The lowest BCUT2D eigenvalue weighted by Crippen LogP contribution is -2.40. The smallest absolute Gasteiger partial charge is 0.297 e. The number of aryl methyl sites for hydroxylation is 2. The predicted octanol–water partition coefficient (Wildman–Crippen LogP) is 0.410. The first-order valence-corrected chi connectivity index (χ1v) is 9.48. The minimum absolute atomic E-state index is 0.0489. The summed E-state index contributed by atoms with van der Waals surface area (Å²) in [4.78, 5) is 36.6. The molecule has 0 bridgehead atoms. The Labute approximate surface area is 130 Å². The third-order valence-corrected chi connectivity index (χ3v) is 5.60. The number of rotatable bonds is 5. The monoisotopic (exact) mass is 344 g/mol. The van der Waals surface area contributed by atoms with Crippen LogP contribution in [0.3, 0.4) is 0 Å². The molecule has 0 aliphatic heterocycles. The van der Waals surface area contributed by atoms with Gasteiger partial charge >= 0.3 is 5.69 Å². The molecule has 0 atom stereocenters. The van der Waals surface area contributed by atoms with Crippen molar-refractivity contribution < 1.29 is 13.2 Å². The standard InChI is InChI=1S/C13H16N2O5S2/c1-4-14-11(17)10-8(2)9(7-16)21-12(10)15(13(14)18)5-6-22(3,19)20/h7H,4-6H2,1-3H3. The van der Waals surface area contributed by atoms with E-state index in [0.29, 0.717) is 26.9 Å². The van der Waals surface area contributed by atoms with Crippen molar-refractivity contribution in [2.45, 2.75) is 26.9 Å². The molecular weight excluding hydrogens is 328 g/mol. The van der Waals surface area contributed by atoms with Crippen LogP contribution in [0.4, 0.5) is 0 Å². The number of carbonyl (C=O) groups excluding carboxylic acids is 1. The second-order valence-corrected chi connectivity index (χ2v) is 8.29. The Morgan fingerprint density at radius 1 is 1.23 bits per heavy atom. The van der Waals surface area contributed by atoms with Gasteiger partial charge in [-0.25, -0.2) is 13.2 Å². The van der Waals surface area contributed by atoms with Crippen molar-refractivity contribution in [3.8, 4) is 0 Å². The van der Waals surface area contributed by atoms with E-state index in [1.807, 2.05) is 0 Å². The number of aromatic nitrogens is 2. The van der Waals surface area contributed by atoms with Crippen LogP contribution in [0.15, 0.2) is 9.59 Å². The van der Waals surface area contributed by atoms with E-state index < -0.39 is 21.1 Å². The number of nitrogens with zero attached hydrogens (tertiary/aromatic N) is 2. The van der Waals surface area contributed by atoms with Crippen LogP contribution in [0.25, 0.3) is 10.2 Å². The Kier molecular flexibility index (Phi) is 4.39. The molecule has 0 fully saturated rings. The maximum Gasteiger partial charge on any atom is 0.332 e. The molecule has 2 aromatic heterocycles. The molecule has 0 radical (unpaired) electrons. The van der Waals surface area contributed by atoms with Crippen LogP contribution in [0.2, 0.25) is 0 Å². The van der Waals surface area contributed by atoms with E-state index in [-0.39, 0.29) is 18.8 Å². The average molecular weight is 344 g/mol. The van der Waals surface area contributed by atoms with Crippen LogP contribution in [-0.2, 0) is 22.9 Å². The van der Waals surface area contributed by atoms with Gasteiger partial charge in [0.15, 0.2) is 6.29 Å². The summed E-state index contributed by atoms with van der Waals surface area (Å²) in [5.74, 6) is -0.211. The fraction of sp³-hybridized carbons (Fsp3) is 0.462. The van der Waals surface area contributed by atoms with Gasteiger partial charge in [0.05, 0.1) is 16.0 Å². The fourth-order valence-electron chi connectivity index (χ4n) is 2.26. The van der Waals surface area contributed by atoms with Gasteiger partial charge in [0.2, 0.25) is 0 Å². The highest BCUT2D eigenvalue weighted by atomic mass is 32.2. The molecule has 0 aliphatic rings. The second kappa shape index (κ2) is 5.81. The zero-order valence-corrected chi connectivity index (χ0v) is 14.1. The summed E-state index contributed by atoms with van der Waals surface area (Å²) in [5, 5.41) is 0.307. The Morgan fingerprint density at radius 3 is 2.36 bits per heavy atom. The molecule has 0 aliphatic carbocycles. The number of fused-ring (bicyclic) bond motifs is 1. The summed E-state index contributed by atoms with van der Waals surface area (Å²) < 4.78 is 25.1. The highest BCUT2D eigenvalue weighted by molar-refractivity contribution is 7.90. The van der Waals surface area contributed by atoms with Crippen molar-refractivity contribution in [3.05, 3.63) is 31.3 Å². The Hall–Kier alpha value is -1.74. The molecule has 0 saturated heterocycles. The molecule has 9 heteroatoms. The lowest BCUT2D eigenvalue weighted by molar-refractivity contribution is 0.112. The number of aldehydes is 1. The van der Waals surface area contributed by atoms with Gasteiger partial charge in [-0.1, -0.05) is 0 Å². The maximum absolute atomic E-state index is 12.4. The SMILES string of the molecule is CCn1c(=O)c2c(C)c(C=O)sc2n(CCS(C)(=O)=O)c1=O. The van der Waals surface area contributed by atoms with E-state index in [4.69, 9.17) is 0 Å². The summed E-state index contributed by atoms with van der Waals surface area (Å²) in [6.07, 6.45) is 1.72. The lowest BCUT2D eigenvalue weighted by atomic mass is 10.2. The van der Waals surface area contributed by atoms with Crippen LogP contribution in [0.5, 0.6) is 0 Å². The first-order valence-electron chi connectivity index (χ1n) is 6.61. The Bertz CT molecular complexity index is 963. The summed E-state index contributed by atoms with van der Waals surface area (Å²) in [5.41, 5.74) is -0.474. The van der Waals surface area contributed by atoms with Gasteiger partial charge < -0.3 is 0 Å². The highest BCUT2D eigenvalue weighted by Crippen LogP contribution is 2.26. The Balaban J connectivity index is 2.87. The van der Waals surface area contributed by atoms with Crippen molar-refractivity contribution >= 4 is 37.7 Å². The van der Waals surface area contributed by atoms with E-state index in [9.17, 15) is 22.8 Å². The van der Waals surface area contributed by atoms with Gasteiger partial charge in [-0.15, -0.1) is 11.3 Å². The molecule has 2 aromatic rings. The molecule has 2 heterocycles. The number of sulfone groups is 1. The first kappa shape index (κ1) is 16.6. The molecule has 0 unspecified atom stereocenters. The van der Waals surface area contributed by atoms with Crippen LogP contribution < -0.4 is 11.2 Å². The van der Waals surface area contributed by atoms with Crippen LogP contribution in [-0.4, -0.2) is 35.8 Å². The van der Waals surface area contributed by atoms with Crippen LogP contribution >= 0.6 is 11.3 Å². The third kappa shape index (κ3) is 2.78. The van der Waals surface area contributed by atoms with E-state index in [1.165, 1.54) is 4.57 Å². The molecule has 120 valence electrons. The summed E-state index contributed by atoms with van der Waals surface area (Å²) in [6.45, 7) is 3.44. The quantitative estimate of drug-likeness (QED) is 0.732. The number of thiophene rings is 1. The fourth-order valence-corrected chi connectivity index (χ4v) is 3.91. The third-order valence-electron chi connectivity index (χ3n) is 3.44. The van der Waals surface area contributed by atoms with Gasteiger partial charge in [0, 0.05) is 19.3 Å². The molecule has 0 saturated carbocycles. The number of carbonyl (C=O) groups is 1. The van der Waals surface area contributed by atoms with Gasteiger partial charge in [-0.3, -0.25) is 18.7 Å². The van der Waals surface area contributed by atoms with E-state index in [0.717, 1.165) is 22.2 Å². The van der Waals surface area contributed by atoms with Crippen molar-refractivity contribution in [2.24, 2.45) is 0 Å². The van der Waals surface area contributed by atoms with Gasteiger partial charge in [0.25, 0.3) is 5.56 Å². The normalized spacial score (nSPS) is 12.0. The molecule has 7 nitrogen and oxygen atoms in total. The maximum atomic E-state index is 12.4. The van der Waals surface area contributed by atoms with Crippen molar-refractivity contribution in [2.75, 3.05) is 12.0 Å². The zero-order chi connectivity index (χ0) is 16.7. The van der Waals surface area contributed by atoms with Crippen molar-refractivity contribution in [1.29, 1.82) is 0 Å². The molecule has 22 heavy (non-hydrogen) atoms. The summed E-state index contributed by atoms with van der Waals surface area (Å²) in [7, 11) is -3.26. The molecule has 0 amide bonds. The lowest BCUT2D eigenvalue weighted by Gasteiger charge is -2.10. The largest absolute Gasteiger partial charge is 0.332 e. The van der Waals surface area contributed by atoms with Gasteiger partial charge in [0.1, 0.15) is 14.7 Å². The predicted molar refractivity (Wildman–Crippen MR) is 85.9 cm³/mol. The minimum Gasteiger partial charge on any atom is -0.297 e. The second-order valence-electron chi connectivity index (χ2n) is 5.00. The number of hydrogen-bond acceptors (Lipinski definition) is 6. The van der Waals surface area contributed by atoms with Crippen LogP contribution in [0.1, 0.15) is 22.2 Å². The van der Waals surface area contributed by atoms with Gasteiger partial charge in [-0.2, -0.15) is 0 Å². The molecule has 0 N–H and O–H groups in total. The molecule has 0 aromatic carbocycles. The van der Waals surface area contributed by atoms with Gasteiger partial charge in [-0.05, 0) is 19.4 Å². The minimum atomic E-state index is -3.26. The van der Waals surface area contributed by atoms with Crippen molar-refractivity contribution in [3.63, 3.8) is 0 Å².